The first-order valence-corrected chi connectivity index (χ1v) is 8.28. The average molecular weight is 321 g/mol. The summed E-state index contributed by atoms with van der Waals surface area (Å²) < 4.78 is 7.49. The van der Waals surface area contributed by atoms with E-state index in [2.05, 4.69) is 20.6 Å². The molecule has 0 saturated carbocycles. The molecule has 1 saturated heterocycles. The lowest BCUT2D eigenvalue weighted by Gasteiger charge is -2.19. The summed E-state index contributed by atoms with van der Waals surface area (Å²) in [5.74, 6) is -0.0303. The third-order valence-electron chi connectivity index (χ3n) is 3.79. The van der Waals surface area contributed by atoms with Crippen LogP contribution in [0.3, 0.4) is 0 Å². The number of ether oxygens (including phenoxy) is 1. The molecule has 1 fully saturated rings. The molecule has 0 aliphatic carbocycles. The van der Waals surface area contributed by atoms with Crippen LogP contribution in [-0.2, 0) is 28.1 Å². The number of carbonyl (C=O) groups is 1. The fourth-order valence-electron chi connectivity index (χ4n) is 2.49. The van der Waals surface area contributed by atoms with Crippen molar-refractivity contribution in [1.82, 2.24) is 25.3 Å². The first-order valence-electron chi connectivity index (χ1n) is 7.34. The van der Waals surface area contributed by atoms with E-state index in [0.29, 0.717) is 19.5 Å². The van der Waals surface area contributed by atoms with Crippen molar-refractivity contribution >= 4 is 17.2 Å². The summed E-state index contributed by atoms with van der Waals surface area (Å²) in [5.41, 5.74) is 3.08. The summed E-state index contributed by atoms with van der Waals surface area (Å²) in [6, 6.07) is 0. The van der Waals surface area contributed by atoms with E-state index < -0.39 is 0 Å². The minimum absolute atomic E-state index is 0.0303. The predicted octanol–water partition coefficient (Wildman–Crippen LogP) is 1.12. The fraction of sp³-hybridized carbons (Fsp3) is 0.571. The number of carbonyl (C=O) groups excluding carboxylic acids is 1. The molecule has 7 nitrogen and oxygen atoms in total. The van der Waals surface area contributed by atoms with Crippen molar-refractivity contribution in [3.8, 4) is 0 Å². The highest BCUT2D eigenvalue weighted by Gasteiger charge is 2.34. The van der Waals surface area contributed by atoms with Gasteiger partial charge in [0.25, 0.3) is 0 Å². The van der Waals surface area contributed by atoms with Crippen molar-refractivity contribution in [2.75, 3.05) is 13.2 Å². The van der Waals surface area contributed by atoms with Crippen LogP contribution in [0.1, 0.15) is 31.2 Å². The van der Waals surface area contributed by atoms with Crippen molar-refractivity contribution in [2.24, 2.45) is 0 Å². The molecule has 118 valence electrons. The molecule has 1 amide bonds. The molecule has 0 spiro atoms. The quantitative estimate of drug-likeness (QED) is 0.862. The highest BCUT2D eigenvalue weighted by atomic mass is 32.1. The van der Waals surface area contributed by atoms with E-state index in [1.54, 1.807) is 10.2 Å². The molecule has 1 unspecified atom stereocenters. The summed E-state index contributed by atoms with van der Waals surface area (Å²) in [6.45, 7) is 3.93. The van der Waals surface area contributed by atoms with Gasteiger partial charge in [-0.1, -0.05) is 5.21 Å². The lowest BCUT2D eigenvalue weighted by molar-refractivity contribution is -0.120. The summed E-state index contributed by atoms with van der Waals surface area (Å²) in [6.07, 6.45) is 4.24. The molecule has 0 bridgehead atoms. The number of nitrogens with one attached hydrogen (secondary N) is 1. The number of hydrogen-bond donors (Lipinski definition) is 1. The third kappa shape index (κ3) is 3.50. The molecule has 2 aromatic rings. The number of thiazole rings is 1. The Labute approximate surface area is 132 Å². The third-order valence-corrected chi connectivity index (χ3v) is 4.42. The van der Waals surface area contributed by atoms with E-state index in [0.717, 1.165) is 30.8 Å². The van der Waals surface area contributed by atoms with Gasteiger partial charge in [-0.3, -0.25) is 9.48 Å². The van der Waals surface area contributed by atoms with Crippen LogP contribution in [0.15, 0.2) is 17.1 Å². The number of rotatable bonds is 6. The van der Waals surface area contributed by atoms with Gasteiger partial charge in [0.05, 0.1) is 30.4 Å². The van der Waals surface area contributed by atoms with Crippen LogP contribution in [0.25, 0.3) is 0 Å². The van der Waals surface area contributed by atoms with Crippen molar-refractivity contribution in [2.45, 2.75) is 38.3 Å². The predicted molar refractivity (Wildman–Crippen MR) is 81.4 cm³/mol. The van der Waals surface area contributed by atoms with E-state index in [9.17, 15) is 4.79 Å². The van der Waals surface area contributed by atoms with Crippen molar-refractivity contribution < 1.29 is 9.53 Å². The highest BCUT2D eigenvalue weighted by Crippen LogP contribution is 2.33. The Balaban J connectivity index is 1.46. The van der Waals surface area contributed by atoms with Crippen LogP contribution in [0, 0.1) is 0 Å². The highest BCUT2D eigenvalue weighted by molar-refractivity contribution is 7.07. The molecule has 2 aromatic heterocycles. The Morgan fingerprint density at radius 3 is 3.23 bits per heavy atom. The Morgan fingerprint density at radius 2 is 2.50 bits per heavy atom. The maximum Gasteiger partial charge on any atom is 0.226 e. The second-order valence-electron chi connectivity index (χ2n) is 5.56. The molecule has 22 heavy (non-hydrogen) atoms. The van der Waals surface area contributed by atoms with Crippen LogP contribution in [0.4, 0.5) is 0 Å². The second-order valence-corrected chi connectivity index (χ2v) is 6.27. The molecule has 1 aliphatic rings. The molecule has 0 radical (unpaired) electrons. The Kier molecular flexibility index (Phi) is 4.49. The minimum Gasteiger partial charge on any atom is -0.369 e. The largest absolute Gasteiger partial charge is 0.369 e. The van der Waals surface area contributed by atoms with Gasteiger partial charge in [0.2, 0.25) is 5.91 Å². The lowest BCUT2D eigenvalue weighted by atomic mass is 10.00. The average Bonchev–Trinajstić information content (AvgIpc) is 3.20. The first kappa shape index (κ1) is 15.1. The number of nitrogens with zero attached hydrogens (tertiary/aromatic N) is 4. The summed E-state index contributed by atoms with van der Waals surface area (Å²) >= 11 is 1.49. The van der Waals surface area contributed by atoms with E-state index in [1.165, 1.54) is 11.3 Å². The van der Waals surface area contributed by atoms with Crippen LogP contribution >= 0.6 is 11.3 Å². The number of aromatic nitrogens is 4. The maximum atomic E-state index is 11.8. The summed E-state index contributed by atoms with van der Waals surface area (Å²) in [7, 11) is 0. The molecular weight excluding hydrogens is 302 g/mol. The van der Waals surface area contributed by atoms with Crippen molar-refractivity contribution in [3.05, 3.63) is 28.5 Å². The lowest BCUT2D eigenvalue weighted by Crippen LogP contribution is -2.28. The Bertz CT molecular complexity index is 619. The van der Waals surface area contributed by atoms with Gasteiger partial charge in [-0.05, 0) is 19.8 Å². The standard InChI is InChI=1S/C14H19N5O2S/c1-14(3-2-6-21-14)12-8-19(18-17-12)5-4-15-13(20)7-11-9-22-10-16-11/h8-10H,2-7H2,1H3,(H,15,20). The van der Waals surface area contributed by atoms with Crippen molar-refractivity contribution in [1.29, 1.82) is 0 Å². The van der Waals surface area contributed by atoms with Gasteiger partial charge in [0.1, 0.15) is 11.3 Å². The van der Waals surface area contributed by atoms with Crippen LogP contribution in [0.2, 0.25) is 0 Å². The van der Waals surface area contributed by atoms with Gasteiger partial charge < -0.3 is 10.1 Å². The van der Waals surface area contributed by atoms with E-state index >= 15 is 0 Å². The zero-order valence-corrected chi connectivity index (χ0v) is 13.3. The van der Waals surface area contributed by atoms with Gasteiger partial charge >= 0.3 is 0 Å². The fourth-order valence-corrected chi connectivity index (χ4v) is 3.05. The molecule has 0 aromatic carbocycles. The minimum atomic E-state index is -0.313. The molecule has 3 rings (SSSR count). The van der Waals surface area contributed by atoms with E-state index in [4.69, 9.17) is 4.74 Å². The molecule has 1 atom stereocenters. The van der Waals surface area contributed by atoms with Gasteiger partial charge in [0.15, 0.2) is 0 Å². The number of amides is 1. The van der Waals surface area contributed by atoms with Crippen LogP contribution in [-0.4, -0.2) is 39.0 Å². The monoisotopic (exact) mass is 321 g/mol. The second kappa shape index (κ2) is 6.53. The van der Waals surface area contributed by atoms with E-state index in [-0.39, 0.29) is 11.5 Å². The molecular formula is C14H19N5O2S. The number of hydrogen-bond acceptors (Lipinski definition) is 6. The molecule has 1 N–H and O–H groups in total. The maximum absolute atomic E-state index is 11.8. The van der Waals surface area contributed by atoms with Gasteiger partial charge in [-0.2, -0.15) is 0 Å². The van der Waals surface area contributed by atoms with Gasteiger partial charge in [0, 0.05) is 18.5 Å². The van der Waals surface area contributed by atoms with Crippen LogP contribution < -0.4 is 5.32 Å². The van der Waals surface area contributed by atoms with Gasteiger partial charge in [-0.25, -0.2) is 4.98 Å². The normalized spacial score (nSPS) is 21.1. The zero-order valence-electron chi connectivity index (χ0n) is 12.5. The summed E-state index contributed by atoms with van der Waals surface area (Å²) in [4.78, 5) is 15.8. The first-order chi connectivity index (χ1) is 10.7. The summed E-state index contributed by atoms with van der Waals surface area (Å²) in [5, 5.41) is 13.0. The van der Waals surface area contributed by atoms with Gasteiger partial charge in [-0.15, -0.1) is 16.4 Å². The SMILES string of the molecule is CC1(c2cn(CCNC(=O)Cc3cscn3)nn2)CCCO1. The molecule has 3 heterocycles. The Morgan fingerprint density at radius 1 is 1.59 bits per heavy atom. The smallest absolute Gasteiger partial charge is 0.226 e. The molecule has 8 heteroatoms. The topological polar surface area (TPSA) is 81.9 Å². The van der Waals surface area contributed by atoms with Crippen LogP contribution in [0.5, 0.6) is 0 Å². The van der Waals surface area contributed by atoms with Crippen molar-refractivity contribution in [3.63, 3.8) is 0 Å². The van der Waals surface area contributed by atoms with E-state index in [1.807, 2.05) is 18.5 Å². The zero-order chi connectivity index (χ0) is 15.4. The molecule has 1 aliphatic heterocycles. The Hall–Kier alpha value is -1.80.